The van der Waals surface area contributed by atoms with Gasteiger partial charge in [0.2, 0.25) is 0 Å². The van der Waals surface area contributed by atoms with Crippen molar-refractivity contribution in [3.63, 3.8) is 0 Å². The number of H-pyrrole nitrogens is 1. The summed E-state index contributed by atoms with van der Waals surface area (Å²) >= 11 is 0. The van der Waals surface area contributed by atoms with Crippen molar-refractivity contribution < 1.29 is 9.59 Å². The fourth-order valence-electron chi connectivity index (χ4n) is 5.74. The second kappa shape index (κ2) is 13.6. The number of nitrogen functional groups attached to an aromatic ring is 1. The molecule has 0 bridgehead atoms. The lowest BCUT2D eigenvalue weighted by Crippen LogP contribution is -2.25. The summed E-state index contributed by atoms with van der Waals surface area (Å²) in [5, 5.41) is 6.49. The quantitative estimate of drug-likeness (QED) is 0.0818. The molecule has 7 rings (SSSR count). The average Bonchev–Trinajstić information content (AvgIpc) is 3.61. The van der Waals surface area contributed by atoms with Crippen molar-refractivity contribution in [2.45, 2.75) is 19.3 Å². The molecule has 4 aromatic carbocycles. The maximum atomic E-state index is 14.3. The molecule has 0 spiro atoms. The number of anilines is 3. The highest BCUT2D eigenvalue weighted by atomic mass is 16.2. The first-order valence-corrected chi connectivity index (χ1v) is 15.7. The molecule has 49 heavy (non-hydrogen) atoms. The number of amides is 1. The van der Waals surface area contributed by atoms with E-state index < -0.39 is 0 Å². The van der Waals surface area contributed by atoms with Gasteiger partial charge in [-0.1, -0.05) is 54.6 Å². The number of Topliss-reactive ketones (excluding diaryl/α,β-unsaturated/α-hetero) is 1. The second-order valence-electron chi connectivity index (χ2n) is 11.4. The van der Waals surface area contributed by atoms with Crippen molar-refractivity contribution in [3.8, 4) is 5.69 Å². The molecule has 0 fully saturated rings. The zero-order chi connectivity index (χ0) is 33.7. The maximum absolute atomic E-state index is 14.3. The largest absolute Gasteiger partial charge is 0.397 e. The highest BCUT2D eigenvalue weighted by Crippen LogP contribution is 2.22. The molecule has 242 valence electrons. The van der Waals surface area contributed by atoms with Crippen molar-refractivity contribution in [2.24, 2.45) is 0 Å². The number of carbonyl (C=O) groups excluding carboxylic acids is 2. The number of aromatic amines is 1. The zero-order valence-corrected chi connectivity index (χ0v) is 26.3. The van der Waals surface area contributed by atoms with E-state index in [2.05, 4.69) is 30.6 Å². The molecule has 12 heteroatoms. The molecule has 3 heterocycles. The number of nitrogens with two attached hydrogens (primary N) is 1. The van der Waals surface area contributed by atoms with Crippen molar-refractivity contribution in [3.05, 3.63) is 143 Å². The highest BCUT2D eigenvalue weighted by molar-refractivity contribution is 6.07. The van der Waals surface area contributed by atoms with Gasteiger partial charge < -0.3 is 21.4 Å². The van der Waals surface area contributed by atoms with Gasteiger partial charge in [-0.15, -0.1) is 0 Å². The number of nitrogens with one attached hydrogen (secondary N) is 3. The number of ketones is 1. The van der Waals surface area contributed by atoms with Crippen molar-refractivity contribution >= 4 is 50.9 Å². The summed E-state index contributed by atoms with van der Waals surface area (Å²) < 4.78 is 1.62. The smallest absolute Gasteiger partial charge is 0.266 e. The van der Waals surface area contributed by atoms with Crippen LogP contribution in [0.4, 0.5) is 17.2 Å². The van der Waals surface area contributed by atoms with Gasteiger partial charge in [0.15, 0.2) is 17.2 Å². The number of aromatic nitrogens is 6. The Morgan fingerprint density at radius 3 is 2.43 bits per heavy atom. The number of fused-ring (bicyclic) bond motifs is 2. The van der Waals surface area contributed by atoms with Crippen LogP contribution in [0.2, 0.25) is 0 Å². The van der Waals surface area contributed by atoms with E-state index >= 15 is 0 Å². The van der Waals surface area contributed by atoms with Crippen LogP contribution in [0.15, 0.2) is 115 Å². The standard InChI is InChI=1S/C37H31N9O3/c38-27-11-4-5-12-28(27)45-36(48)24-17-15-23(16-18-24)30(47)20-25-8-6-13-29-32(25)37(49)46(26-9-2-1-3-10-26)31(44-29)14-7-19-39-34-33-35(41-21-40-33)43-22-42-34/h1-6,8-13,15-18,21-22H,7,14,19-20,38H2,(H,45,48)(H2,39,40,41,42,43). The number of aryl methyl sites for hydroxylation is 1. The van der Waals surface area contributed by atoms with Crippen molar-refractivity contribution in [1.82, 2.24) is 29.5 Å². The molecule has 1 amide bonds. The van der Waals surface area contributed by atoms with E-state index in [0.717, 1.165) is 0 Å². The summed E-state index contributed by atoms with van der Waals surface area (Å²) in [5.74, 6) is 0.702. The molecule has 0 unspecified atom stereocenters. The number of imidazole rings is 1. The first-order chi connectivity index (χ1) is 24.0. The SMILES string of the molecule is Nc1ccccc1NC(=O)c1ccc(C(=O)Cc2cccc3nc(CCCNc4ncnc5[nH]cnc45)n(-c4ccccc4)c(=O)c23)cc1. The van der Waals surface area contributed by atoms with Crippen molar-refractivity contribution in [1.29, 1.82) is 0 Å². The van der Waals surface area contributed by atoms with Crippen molar-refractivity contribution in [2.75, 3.05) is 22.9 Å². The van der Waals surface area contributed by atoms with Gasteiger partial charge in [0.25, 0.3) is 11.5 Å². The van der Waals surface area contributed by atoms with Crippen LogP contribution in [0.1, 0.15) is 38.5 Å². The molecular weight excluding hydrogens is 618 g/mol. The molecule has 7 aromatic rings. The van der Waals surface area contributed by atoms with E-state index in [1.807, 2.05) is 36.4 Å². The lowest BCUT2D eigenvalue weighted by atomic mass is 9.99. The molecule has 3 aromatic heterocycles. The van der Waals surface area contributed by atoms with Gasteiger partial charge in [-0.05, 0) is 54.4 Å². The van der Waals surface area contributed by atoms with E-state index in [1.54, 1.807) is 71.6 Å². The van der Waals surface area contributed by atoms with Crippen LogP contribution in [0, 0.1) is 0 Å². The minimum absolute atomic E-state index is 0.0149. The third kappa shape index (κ3) is 6.47. The Balaban J connectivity index is 1.12. The van der Waals surface area contributed by atoms with E-state index in [-0.39, 0.29) is 23.7 Å². The molecule has 0 aliphatic heterocycles. The van der Waals surface area contributed by atoms with Crippen LogP contribution in [0.3, 0.4) is 0 Å². The van der Waals surface area contributed by atoms with E-state index in [1.165, 1.54) is 6.33 Å². The molecular formula is C37H31N9O3. The van der Waals surface area contributed by atoms with E-state index in [9.17, 15) is 14.4 Å². The molecule has 0 aliphatic carbocycles. The molecule has 0 saturated carbocycles. The van der Waals surface area contributed by atoms with Crippen LogP contribution in [-0.4, -0.2) is 47.7 Å². The van der Waals surface area contributed by atoms with E-state index in [4.69, 9.17) is 10.7 Å². The first-order valence-electron chi connectivity index (χ1n) is 15.7. The summed E-state index contributed by atoms with van der Waals surface area (Å²) in [6, 6.07) is 28.2. The lowest BCUT2D eigenvalue weighted by Gasteiger charge is -2.15. The topological polar surface area (TPSA) is 174 Å². The number of para-hydroxylation sites is 3. The summed E-state index contributed by atoms with van der Waals surface area (Å²) in [6.45, 7) is 0.566. The Labute approximate surface area is 280 Å². The molecule has 0 atom stereocenters. The maximum Gasteiger partial charge on any atom is 0.266 e. The Kier molecular flexibility index (Phi) is 8.57. The number of benzene rings is 4. The Bertz CT molecular complexity index is 2370. The second-order valence-corrected chi connectivity index (χ2v) is 11.4. The fourth-order valence-corrected chi connectivity index (χ4v) is 5.74. The predicted molar refractivity (Wildman–Crippen MR) is 189 cm³/mol. The summed E-state index contributed by atoms with van der Waals surface area (Å²) in [4.78, 5) is 61.2. The van der Waals surface area contributed by atoms with Gasteiger partial charge >= 0.3 is 0 Å². The zero-order valence-electron chi connectivity index (χ0n) is 26.3. The fraction of sp³-hybridized carbons (Fsp3) is 0.108. The average molecular weight is 650 g/mol. The number of hydrogen-bond acceptors (Lipinski definition) is 9. The number of carbonyl (C=O) groups is 2. The molecule has 0 radical (unpaired) electrons. The van der Waals surface area contributed by atoms with Gasteiger partial charge in [0.1, 0.15) is 17.7 Å². The molecule has 5 N–H and O–H groups in total. The van der Waals surface area contributed by atoms with Gasteiger partial charge in [0.05, 0.1) is 34.3 Å². The number of nitrogens with zero attached hydrogens (tertiary/aromatic N) is 5. The van der Waals surface area contributed by atoms with Gasteiger partial charge in [0, 0.05) is 30.5 Å². The van der Waals surface area contributed by atoms with Crippen LogP contribution >= 0.6 is 0 Å². The minimum atomic E-state index is -0.339. The van der Waals surface area contributed by atoms with Crippen LogP contribution in [0.5, 0.6) is 0 Å². The number of rotatable bonds is 11. The lowest BCUT2D eigenvalue weighted by molar-refractivity contribution is 0.0989. The monoisotopic (exact) mass is 649 g/mol. The third-order valence-corrected chi connectivity index (χ3v) is 8.18. The number of hydrogen-bond donors (Lipinski definition) is 4. The van der Waals surface area contributed by atoms with Crippen LogP contribution in [0.25, 0.3) is 27.8 Å². The van der Waals surface area contributed by atoms with E-state index in [0.29, 0.717) is 86.8 Å². The summed E-state index contributed by atoms with van der Waals surface area (Å²) in [7, 11) is 0. The predicted octanol–water partition coefficient (Wildman–Crippen LogP) is 5.36. The molecule has 0 aliphatic rings. The first kappa shape index (κ1) is 30.9. The molecule has 0 saturated heterocycles. The molecule has 12 nitrogen and oxygen atoms in total. The minimum Gasteiger partial charge on any atom is -0.397 e. The summed E-state index contributed by atoms with van der Waals surface area (Å²) in [6.07, 6.45) is 4.19. The Hall–Kier alpha value is -6.69. The van der Waals surface area contributed by atoms with Gasteiger partial charge in [-0.25, -0.2) is 19.9 Å². The van der Waals surface area contributed by atoms with Gasteiger partial charge in [-0.3, -0.25) is 19.0 Å². The Morgan fingerprint density at radius 2 is 1.61 bits per heavy atom. The highest BCUT2D eigenvalue weighted by Gasteiger charge is 2.18. The van der Waals surface area contributed by atoms with Gasteiger partial charge in [-0.2, -0.15) is 0 Å². The third-order valence-electron chi connectivity index (χ3n) is 8.18. The van der Waals surface area contributed by atoms with Crippen LogP contribution in [-0.2, 0) is 12.8 Å². The summed E-state index contributed by atoms with van der Waals surface area (Å²) in [5.41, 5.74) is 10.6. The Morgan fingerprint density at radius 1 is 0.837 bits per heavy atom. The van der Waals surface area contributed by atoms with Crippen LogP contribution < -0.4 is 21.9 Å². The normalized spacial score (nSPS) is 11.1.